The first-order valence-electron chi connectivity index (χ1n) is 10.3. The van der Waals surface area contributed by atoms with Gasteiger partial charge >= 0.3 is 0 Å². The van der Waals surface area contributed by atoms with Crippen LogP contribution in [0.3, 0.4) is 0 Å². The van der Waals surface area contributed by atoms with Gasteiger partial charge in [0.15, 0.2) is 0 Å². The molecule has 3 aliphatic rings. The summed E-state index contributed by atoms with van der Waals surface area (Å²) in [4.78, 5) is 0. The van der Waals surface area contributed by atoms with E-state index in [1.54, 1.807) is 0 Å². The number of nitrogens with zero attached hydrogens (tertiary/aromatic N) is 2. The molecule has 2 aliphatic heterocycles. The van der Waals surface area contributed by atoms with Crippen molar-refractivity contribution < 1.29 is 0 Å². The SMILES string of the molecule is C=P(CCc1cccc(CC2=CCC=C(CC)C=C2)c1)(NN1CC1)N1CC1. The van der Waals surface area contributed by atoms with Crippen LogP contribution in [0.2, 0.25) is 0 Å². The van der Waals surface area contributed by atoms with Crippen LogP contribution in [0.15, 0.2) is 59.7 Å². The summed E-state index contributed by atoms with van der Waals surface area (Å²) in [6.07, 6.45) is 19.4. The minimum Gasteiger partial charge on any atom is -0.269 e. The fourth-order valence-electron chi connectivity index (χ4n) is 3.65. The van der Waals surface area contributed by atoms with Gasteiger partial charge in [-0.15, -0.1) is 0 Å². The lowest BCUT2D eigenvalue weighted by Gasteiger charge is -2.27. The first-order chi connectivity index (χ1) is 13.1. The van der Waals surface area contributed by atoms with Gasteiger partial charge in [0, 0.05) is 33.4 Å². The third-order valence-corrected chi connectivity index (χ3v) is 8.69. The number of hydrogen-bond acceptors (Lipinski definition) is 3. The van der Waals surface area contributed by atoms with Crippen LogP contribution in [0.25, 0.3) is 0 Å². The highest BCUT2D eigenvalue weighted by atomic mass is 31.2. The Bertz CT molecular complexity index is 813. The standard InChI is InChI=1S/C23H32N3P/c1-3-20-6-4-7-21(11-10-20)18-23-9-5-8-22(19-23)12-17-27(2,26-15-16-26)24-25-13-14-25/h5-11,19,24H,2-4,12-18H2,1H3. The number of hydrogen-bond donors (Lipinski definition) is 1. The second-order valence-electron chi connectivity index (χ2n) is 7.91. The van der Waals surface area contributed by atoms with E-state index in [-0.39, 0.29) is 0 Å². The number of benzene rings is 1. The zero-order valence-electron chi connectivity index (χ0n) is 16.5. The van der Waals surface area contributed by atoms with Gasteiger partial charge in [-0.05, 0) is 48.5 Å². The molecule has 4 heteroatoms. The van der Waals surface area contributed by atoms with Gasteiger partial charge in [0.25, 0.3) is 0 Å². The summed E-state index contributed by atoms with van der Waals surface area (Å²) in [5.74, 6) is 0. The number of allylic oxidation sites excluding steroid dienone is 6. The van der Waals surface area contributed by atoms with Crippen LogP contribution in [-0.4, -0.2) is 48.3 Å². The lowest BCUT2D eigenvalue weighted by atomic mass is 10.0. The Morgan fingerprint density at radius 1 is 1.04 bits per heavy atom. The number of hydrazine groups is 1. The fourth-order valence-corrected chi connectivity index (χ4v) is 6.36. The van der Waals surface area contributed by atoms with E-state index in [2.05, 4.69) is 76.7 Å². The van der Waals surface area contributed by atoms with Crippen LogP contribution in [-0.2, 0) is 12.8 Å². The van der Waals surface area contributed by atoms with E-state index in [4.69, 9.17) is 0 Å². The van der Waals surface area contributed by atoms with Gasteiger partial charge in [0.05, 0.1) is 0 Å². The van der Waals surface area contributed by atoms with E-state index >= 15 is 0 Å². The summed E-state index contributed by atoms with van der Waals surface area (Å²) in [5.41, 5.74) is 5.74. The Balaban J connectivity index is 1.37. The Hall–Kier alpha value is -1.38. The predicted octanol–water partition coefficient (Wildman–Crippen LogP) is 4.41. The van der Waals surface area contributed by atoms with Crippen molar-refractivity contribution in [2.75, 3.05) is 32.3 Å². The molecule has 0 bridgehead atoms. The molecule has 144 valence electrons. The fraction of sp³-hybridized carbons (Fsp3) is 0.435. The van der Waals surface area contributed by atoms with Gasteiger partial charge in [-0.1, -0.05) is 67.4 Å². The zero-order valence-corrected chi connectivity index (χ0v) is 17.4. The van der Waals surface area contributed by atoms with Crippen molar-refractivity contribution in [2.24, 2.45) is 0 Å². The highest BCUT2D eigenvalue weighted by Gasteiger charge is 2.34. The minimum absolute atomic E-state index is 1.03. The van der Waals surface area contributed by atoms with Crippen molar-refractivity contribution >= 4 is 13.5 Å². The third kappa shape index (κ3) is 5.33. The van der Waals surface area contributed by atoms with Crippen LogP contribution in [0, 0.1) is 0 Å². The van der Waals surface area contributed by atoms with Crippen LogP contribution in [0.1, 0.15) is 30.9 Å². The van der Waals surface area contributed by atoms with E-state index in [0.717, 1.165) is 31.8 Å². The van der Waals surface area contributed by atoms with Crippen molar-refractivity contribution in [2.45, 2.75) is 32.6 Å². The normalized spacial score (nSPS) is 22.0. The molecule has 1 unspecified atom stereocenters. The van der Waals surface area contributed by atoms with Crippen molar-refractivity contribution in [1.29, 1.82) is 0 Å². The molecule has 2 fully saturated rings. The molecule has 2 heterocycles. The highest BCUT2D eigenvalue weighted by Crippen LogP contribution is 2.50. The topological polar surface area (TPSA) is 18.0 Å². The van der Waals surface area contributed by atoms with Crippen LogP contribution in [0.5, 0.6) is 0 Å². The first kappa shape index (κ1) is 19.0. The molecule has 1 aromatic rings. The maximum atomic E-state index is 4.63. The molecule has 0 saturated carbocycles. The van der Waals surface area contributed by atoms with Gasteiger partial charge in [-0.2, -0.15) is 0 Å². The maximum Gasteiger partial charge on any atom is 0.0277 e. The van der Waals surface area contributed by atoms with Crippen LogP contribution < -0.4 is 5.20 Å². The lowest BCUT2D eigenvalue weighted by molar-refractivity contribution is 0.518. The summed E-state index contributed by atoms with van der Waals surface area (Å²) >= 11 is 0. The molecule has 1 aromatic carbocycles. The van der Waals surface area contributed by atoms with E-state index < -0.39 is 7.19 Å². The number of aryl methyl sites for hydroxylation is 1. The molecule has 1 atom stereocenters. The van der Waals surface area contributed by atoms with Gasteiger partial charge in [0.2, 0.25) is 0 Å². The lowest BCUT2D eigenvalue weighted by Crippen LogP contribution is -2.24. The molecule has 0 aromatic heterocycles. The Morgan fingerprint density at radius 3 is 2.52 bits per heavy atom. The van der Waals surface area contributed by atoms with Crippen molar-refractivity contribution in [3.8, 4) is 0 Å². The molecule has 3 nitrogen and oxygen atoms in total. The smallest absolute Gasteiger partial charge is 0.0277 e. The first-order valence-corrected chi connectivity index (χ1v) is 12.4. The van der Waals surface area contributed by atoms with E-state index in [1.807, 2.05) is 0 Å². The molecule has 2 saturated heterocycles. The van der Waals surface area contributed by atoms with Crippen LogP contribution in [0.4, 0.5) is 0 Å². The van der Waals surface area contributed by atoms with Gasteiger partial charge in [-0.3, -0.25) is 4.67 Å². The zero-order chi connectivity index (χ0) is 18.7. The quantitative estimate of drug-likeness (QED) is 0.505. The van der Waals surface area contributed by atoms with Gasteiger partial charge in [0.1, 0.15) is 0 Å². The third-order valence-electron chi connectivity index (χ3n) is 5.59. The predicted molar refractivity (Wildman–Crippen MR) is 119 cm³/mol. The molecule has 0 amide bonds. The van der Waals surface area contributed by atoms with Crippen molar-refractivity contribution in [3.63, 3.8) is 0 Å². The maximum absolute atomic E-state index is 4.63. The molecular formula is C23H32N3P. The molecule has 27 heavy (non-hydrogen) atoms. The summed E-state index contributed by atoms with van der Waals surface area (Å²) in [6, 6.07) is 9.17. The number of rotatable bonds is 9. The molecule has 0 spiro atoms. The second-order valence-corrected chi connectivity index (χ2v) is 11.0. The molecule has 4 rings (SSSR count). The summed E-state index contributed by atoms with van der Waals surface area (Å²) in [7, 11) is -1.43. The average Bonchev–Trinajstić information content (AvgIpc) is 3.55. The monoisotopic (exact) mass is 381 g/mol. The molecule has 1 aliphatic carbocycles. The molecule has 0 radical (unpaired) electrons. The van der Waals surface area contributed by atoms with Gasteiger partial charge < -0.3 is 0 Å². The van der Waals surface area contributed by atoms with Crippen LogP contribution >= 0.6 is 7.19 Å². The largest absolute Gasteiger partial charge is 0.269 e. The van der Waals surface area contributed by atoms with Crippen molar-refractivity contribution in [3.05, 3.63) is 70.8 Å². The molecular weight excluding hydrogens is 349 g/mol. The van der Waals surface area contributed by atoms with E-state index in [1.165, 1.54) is 48.5 Å². The minimum atomic E-state index is -1.43. The summed E-state index contributed by atoms with van der Waals surface area (Å²) in [6.45, 7) is 7.01. The average molecular weight is 382 g/mol. The molecule has 1 N–H and O–H groups in total. The Kier molecular flexibility index (Phi) is 5.85. The highest BCUT2D eigenvalue weighted by molar-refractivity contribution is 7.69. The Labute approximate surface area is 164 Å². The number of nitrogens with one attached hydrogen (secondary N) is 1. The van der Waals surface area contributed by atoms with Crippen molar-refractivity contribution in [1.82, 2.24) is 14.9 Å². The second kappa shape index (κ2) is 8.32. The summed E-state index contributed by atoms with van der Waals surface area (Å²) in [5, 5.41) is 6.05. The van der Waals surface area contributed by atoms with E-state index in [9.17, 15) is 0 Å². The Morgan fingerprint density at radius 2 is 1.78 bits per heavy atom. The summed E-state index contributed by atoms with van der Waals surface area (Å²) < 4.78 is 2.55. The van der Waals surface area contributed by atoms with Gasteiger partial charge in [-0.25, -0.2) is 10.2 Å². The van der Waals surface area contributed by atoms with E-state index in [0.29, 0.717) is 0 Å².